The molecule has 1 aliphatic rings. The summed E-state index contributed by atoms with van der Waals surface area (Å²) in [5, 5.41) is 0. The largest absolute Gasteiger partial charge is 0.495 e. The zero-order valence-electron chi connectivity index (χ0n) is 15.7. The molecule has 1 atom stereocenters. The van der Waals surface area contributed by atoms with Crippen molar-refractivity contribution in [3.8, 4) is 11.5 Å². The van der Waals surface area contributed by atoms with E-state index >= 15 is 0 Å². The van der Waals surface area contributed by atoms with Gasteiger partial charge in [-0.25, -0.2) is 16.8 Å². The first kappa shape index (κ1) is 20.3. The molecule has 2 aromatic rings. The Bertz CT molecular complexity index is 1080. The van der Waals surface area contributed by atoms with Gasteiger partial charge >= 0.3 is 0 Å². The number of ether oxygens (including phenoxy) is 2. The van der Waals surface area contributed by atoms with E-state index in [1.165, 1.54) is 36.5 Å². The summed E-state index contributed by atoms with van der Waals surface area (Å²) in [6.45, 7) is 3.48. The number of anilines is 2. The molecule has 0 amide bonds. The first-order chi connectivity index (χ1) is 13.2. The number of hydrogen-bond acceptors (Lipinski definition) is 6. The van der Waals surface area contributed by atoms with Crippen LogP contribution in [0.2, 0.25) is 0 Å². The molecule has 0 saturated carbocycles. The van der Waals surface area contributed by atoms with Gasteiger partial charge in [0.05, 0.1) is 30.3 Å². The first-order valence-electron chi connectivity index (χ1n) is 8.64. The number of nitrogens with one attached hydrogen (secondary N) is 1. The Morgan fingerprint density at radius 1 is 1.18 bits per heavy atom. The summed E-state index contributed by atoms with van der Waals surface area (Å²) in [6.07, 6.45) is 0. The quantitative estimate of drug-likeness (QED) is 0.761. The molecule has 0 bridgehead atoms. The minimum Gasteiger partial charge on any atom is -0.495 e. The van der Waals surface area contributed by atoms with Crippen LogP contribution < -0.4 is 18.5 Å². The summed E-state index contributed by atoms with van der Waals surface area (Å²) < 4.78 is 65.0. The van der Waals surface area contributed by atoms with E-state index in [9.17, 15) is 16.8 Å². The number of rotatable bonds is 6. The van der Waals surface area contributed by atoms with Crippen LogP contribution in [0.4, 0.5) is 11.4 Å². The van der Waals surface area contributed by atoms with Crippen LogP contribution in [0, 0.1) is 0 Å². The van der Waals surface area contributed by atoms with Gasteiger partial charge in [-0.1, -0.05) is 12.1 Å². The summed E-state index contributed by atoms with van der Waals surface area (Å²) in [7, 11) is -6.14. The number of benzene rings is 2. The molecule has 3 rings (SSSR count). The Morgan fingerprint density at radius 2 is 1.89 bits per heavy atom. The third kappa shape index (κ3) is 3.74. The van der Waals surface area contributed by atoms with Gasteiger partial charge in [0.15, 0.2) is 0 Å². The van der Waals surface area contributed by atoms with Crippen molar-refractivity contribution in [2.75, 3.05) is 28.5 Å². The van der Waals surface area contributed by atoms with Crippen molar-refractivity contribution in [2.24, 2.45) is 0 Å². The molecule has 152 valence electrons. The Hall–Kier alpha value is -2.46. The van der Waals surface area contributed by atoms with Crippen LogP contribution in [-0.2, 0) is 20.0 Å². The van der Waals surface area contributed by atoms with Crippen LogP contribution in [0.15, 0.2) is 47.4 Å². The van der Waals surface area contributed by atoms with Gasteiger partial charge in [-0.3, -0.25) is 9.03 Å². The number of fused-ring (bicyclic) bond motifs is 1. The average Bonchev–Trinajstić information content (AvgIpc) is 2.67. The van der Waals surface area contributed by atoms with Gasteiger partial charge in [-0.2, -0.15) is 0 Å². The normalized spacial score (nSPS) is 16.8. The highest BCUT2D eigenvalue weighted by atomic mass is 32.2. The molecule has 1 N–H and O–H groups in total. The van der Waals surface area contributed by atoms with E-state index in [1.807, 2.05) is 0 Å². The molecule has 0 spiro atoms. The molecule has 1 heterocycles. The lowest BCUT2D eigenvalue weighted by molar-refractivity contribution is 0.281. The van der Waals surface area contributed by atoms with Crippen LogP contribution in [0.1, 0.15) is 13.8 Å². The fourth-order valence-electron chi connectivity index (χ4n) is 2.95. The maximum atomic E-state index is 13.4. The zero-order valence-corrected chi connectivity index (χ0v) is 17.4. The van der Waals surface area contributed by atoms with Gasteiger partial charge in [0.25, 0.3) is 10.0 Å². The summed E-state index contributed by atoms with van der Waals surface area (Å²) in [6, 6.07) is 10.6. The van der Waals surface area contributed by atoms with Crippen molar-refractivity contribution >= 4 is 31.4 Å². The van der Waals surface area contributed by atoms with Crippen molar-refractivity contribution in [1.82, 2.24) is 0 Å². The van der Waals surface area contributed by atoms with E-state index in [0.717, 1.165) is 0 Å². The topological polar surface area (TPSA) is 102 Å². The number of methoxy groups -OCH3 is 1. The summed E-state index contributed by atoms with van der Waals surface area (Å²) in [5.74, 6) is 0.431. The molecule has 0 saturated heterocycles. The van der Waals surface area contributed by atoms with Crippen molar-refractivity contribution in [3.63, 3.8) is 0 Å². The predicted octanol–water partition coefficient (Wildman–Crippen LogP) is 2.43. The molecule has 2 aromatic carbocycles. The third-order valence-corrected chi connectivity index (χ3v) is 7.61. The van der Waals surface area contributed by atoms with Crippen LogP contribution in [0.5, 0.6) is 11.5 Å². The first-order valence-corrected chi connectivity index (χ1v) is 11.7. The minimum atomic E-state index is -3.98. The van der Waals surface area contributed by atoms with E-state index < -0.39 is 26.1 Å². The van der Waals surface area contributed by atoms with E-state index in [1.54, 1.807) is 31.2 Å². The second-order valence-corrected chi connectivity index (χ2v) is 10.1. The molecule has 0 fully saturated rings. The second-order valence-electron chi connectivity index (χ2n) is 6.30. The molecule has 0 aliphatic carbocycles. The lowest BCUT2D eigenvalue weighted by Gasteiger charge is -2.35. The van der Waals surface area contributed by atoms with Crippen LogP contribution >= 0.6 is 0 Å². The van der Waals surface area contributed by atoms with Crippen LogP contribution in [-0.4, -0.2) is 42.3 Å². The van der Waals surface area contributed by atoms with Gasteiger partial charge in [0.1, 0.15) is 23.0 Å². The second kappa shape index (κ2) is 7.51. The fraction of sp³-hybridized carbons (Fsp3) is 0.333. The maximum Gasteiger partial charge on any atom is 0.268 e. The average molecular weight is 427 g/mol. The molecular weight excluding hydrogens is 404 g/mol. The molecule has 8 nitrogen and oxygen atoms in total. The standard InChI is InChI=1S/C18H22N2O6S2/c1-4-27(21,22)19-14-9-10-18(17(11-14)25-3)28(23,24)20-13(2)12-26-16-8-6-5-7-15(16)20/h5-11,13,19H,4,12H2,1-3H3/t13-/m1/s1. The fourth-order valence-corrected chi connectivity index (χ4v) is 5.37. The zero-order chi connectivity index (χ0) is 20.5. The maximum absolute atomic E-state index is 13.4. The highest BCUT2D eigenvalue weighted by Gasteiger charge is 2.36. The number of hydrogen-bond donors (Lipinski definition) is 1. The minimum absolute atomic E-state index is 0.0486. The van der Waals surface area contributed by atoms with Gasteiger partial charge in [0, 0.05) is 6.07 Å². The molecule has 0 aromatic heterocycles. The highest BCUT2D eigenvalue weighted by molar-refractivity contribution is 7.93. The molecule has 0 unspecified atom stereocenters. The Labute approximate surface area is 165 Å². The van der Waals surface area contributed by atoms with Gasteiger partial charge in [-0.05, 0) is 38.1 Å². The van der Waals surface area contributed by atoms with Crippen molar-refractivity contribution < 1.29 is 26.3 Å². The van der Waals surface area contributed by atoms with Gasteiger partial charge < -0.3 is 9.47 Å². The Kier molecular flexibility index (Phi) is 5.44. The molecule has 10 heteroatoms. The summed E-state index contributed by atoms with van der Waals surface area (Å²) in [4.78, 5) is -0.0574. The molecule has 1 aliphatic heterocycles. The smallest absolute Gasteiger partial charge is 0.268 e. The number of nitrogens with zero attached hydrogens (tertiary/aromatic N) is 1. The predicted molar refractivity (Wildman–Crippen MR) is 107 cm³/mol. The van der Waals surface area contributed by atoms with Crippen LogP contribution in [0.3, 0.4) is 0 Å². The van der Waals surface area contributed by atoms with Gasteiger partial charge in [-0.15, -0.1) is 0 Å². The van der Waals surface area contributed by atoms with Crippen molar-refractivity contribution in [3.05, 3.63) is 42.5 Å². The summed E-state index contributed by atoms with van der Waals surface area (Å²) >= 11 is 0. The van der Waals surface area contributed by atoms with Crippen molar-refractivity contribution in [1.29, 1.82) is 0 Å². The molecule has 0 radical (unpaired) electrons. The third-order valence-electron chi connectivity index (χ3n) is 4.34. The van der Waals surface area contributed by atoms with E-state index in [4.69, 9.17) is 9.47 Å². The Morgan fingerprint density at radius 3 is 2.57 bits per heavy atom. The van der Waals surface area contributed by atoms with E-state index in [0.29, 0.717) is 11.4 Å². The monoisotopic (exact) mass is 426 g/mol. The number of para-hydroxylation sites is 2. The molecular formula is C18H22N2O6S2. The number of sulfonamides is 2. The highest BCUT2D eigenvalue weighted by Crippen LogP contribution is 2.39. The lowest BCUT2D eigenvalue weighted by atomic mass is 10.2. The SMILES string of the molecule is CCS(=O)(=O)Nc1ccc(S(=O)(=O)N2c3ccccc3OC[C@H]2C)c(OC)c1. The molecule has 28 heavy (non-hydrogen) atoms. The van der Waals surface area contributed by atoms with Crippen molar-refractivity contribution in [2.45, 2.75) is 24.8 Å². The van der Waals surface area contributed by atoms with Crippen LogP contribution in [0.25, 0.3) is 0 Å². The Balaban J connectivity index is 2.07. The van der Waals surface area contributed by atoms with Gasteiger partial charge in [0.2, 0.25) is 10.0 Å². The lowest BCUT2D eigenvalue weighted by Crippen LogP contribution is -2.45. The van der Waals surface area contributed by atoms with E-state index in [2.05, 4.69) is 4.72 Å². The van der Waals surface area contributed by atoms with E-state index in [-0.39, 0.29) is 28.7 Å². The summed E-state index contributed by atoms with van der Waals surface area (Å²) in [5.41, 5.74) is 0.673.